The molecule has 1 heterocycles. The van der Waals surface area contributed by atoms with E-state index in [9.17, 15) is 0 Å². The molecule has 3 nitrogen and oxygen atoms in total. The predicted octanol–water partition coefficient (Wildman–Crippen LogP) is 1.45. The zero-order chi connectivity index (χ0) is 8.97. The van der Waals surface area contributed by atoms with Gasteiger partial charge >= 0.3 is 0 Å². The summed E-state index contributed by atoms with van der Waals surface area (Å²) in [6.45, 7) is 4.74. The van der Waals surface area contributed by atoms with Crippen molar-refractivity contribution in [2.45, 2.75) is 32.7 Å². The van der Waals surface area contributed by atoms with Gasteiger partial charge in [-0.3, -0.25) is 0 Å². The van der Waals surface area contributed by atoms with Gasteiger partial charge in [0.2, 0.25) is 0 Å². The lowest BCUT2D eigenvalue weighted by Gasteiger charge is -2.06. The Hall–Kier alpha value is -0.960. The normalized spacial score (nSPS) is 12.9. The van der Waals surface area contributed by atoms with E-state index in [1.807, 2.05) is 6.07 Å². The molecule has 0 amide bonds. The topological polar surface area (TPSA) is 51.8 Å². The van der Waals surface area contributed by atoms with Gasteiger partial charge in [0.05, 0.1) is 5.69 Å². The molecule has 0 spiro atoms. The monoisotopic (exact) mass is 165 g/mol. The van der Waals surface area contributed by atoms with E-state index in [0.29, 0.717) is 12.5 Å². The summed E-state index contributed by atoms with van der Waals surface area (Å²) in [4.78, 5) is 8.52. The van der Waals surface area contributed by atoms with Crippen molar-refractivity contribution in [2.75, 3.05) is 0 Å². The van der Waals surface area contributed by atoms with Crippen molar-refractivity contribution < 1.29 is 0 Å². The molecule has 1 unspecified atom stereocenters. The summed E-state index contributed by atoms with van der Waals surface area (Å²) in [7, 11) is 0. The van der Waals surface area contributed by atoms with E-state index in [1.54, 1.807) is 6.20 Å². The van der Waals surface area contributed by atoms with Gasteiger partial charge in [-0.1, -0.05) is 13.8 Å². The summed E-state index contributed by atoms with van der Waals surface area (Å²) in [5, 5.41) is 0. The van der Waals surface area contributed by atoms with Gasteiger partial charge in [0.1, 0.15) is 5.82 Å². The van der Waals surface area contributed by atoms with Crippen molar-refractivity contribution in [2.24, 2.45) is 5.73 Å². The van der Waals surface area contributed by atoms with Gasteiger partial charge in [-0.2, -0.15) is 0 Å². The maximum absolute atomic E-state index is 5.47. The molecule has 0 fully saturated rings. The molecule has 0 bridgehead atoms. The lowest BCUT2D eigenvalue weighted by Crippen LogP contribution is -2.05. The van der Waals surface area contributed by atoms with E-state index in [0.717, 1.165) is 17.9 Å². The Balaban J connectivity index is 2.86. The quantitative estimate of drug-likeness (QED) is 0.737. The fourth-order valence-corrected chi connectivity index (χ4v) is 0.947. The maximum Gasteiger partial charge on any atom is 0.131 e. The first-order chi connectivity index (χ1) is 5.77. The van der Waals surface area contributed by atoms with Gasteiger partial charge in [-0.25, -0.2) is 9.97 Å². The average molecular weight is 165 g/mol. The van der Waals surface area contributed by atoms with Crippen molar-refractivity contribution in [1.82, 2.24) is 9.97 Å². The fourth-order valence-electron chi connectivity index (χ4n) is 0.947. The molecule has 0 saturated heterocycles. The van der Waals surface area contributed by atoms with Crippen LogP contribution in [0, 0.1) is 0 Å². The first-order valence-electron chi connectivity index (χ1n) is 4.29. The highest BCUT2D eigenvalue weighted by Crippen LogP contribution is 2.13. The number of hydrogen-bond donors (Lipinski definition) is 1. The van der Waals surface area contributed by atoms with E-state index < -0.39 is 0 Å². The SMILES string of the molecule is CCC(C)c1nccc(CN)n1. The highest BCUT2D eigenvalue weighted by atomic mass is 14.9. The zero-order valence-electron chi connectivity index (χ0n) is 7.62. The molecule has 0 aromatic carbocycles. The van der Waals surface area contributed by atoms with Crippen molar-refractivity contribution in [3.63, 3.8) is 0 Å². The Morgan fingerprint density at radius 3 is 2.92 bits per heavy atom. The Kier molecular flexibility index (Phi) is 3.17. The Labute approximate surface area is 73.0 Å². The van der Waals surface area contributed by atoms with Gasteiger partial charge in [0.15, 0.2) is 0 Å². The lowest BCUT2D eigenvalue weighted by molar-refractivity contribution is 0.670. The van der Waals surface area contributed by atoms with Crippen LogP contribution in [-0.4, -0.2) is 9.97 Å². The van der Waals surface area contributed by atoms with Gasteiger partial charge in [0, 0.05) is 18.7 Å². The van der Waals surface area contributed by atoms with Crippen molar-refractivity contribution >= 4 is 0 Å². The molecular formula is C9H15N3. The molecule has 66 valence electrons. The van der Waals surface area contributed by atoms with E-state index in [4.69, 9.17) is 5.73 Å². The van der Waals surface area contributed by atoms with E-state index >= 15 is 0 Å². The lowest BCUT2D eigenvalue weighted by atomic mass is 10.1. The van der Waals surface area contributed by atoms with Crippen molar-refractivity contribution in [3.05, 3.63) is 23.8 Å². The third-order valence-corrected chi connectivity index (χ3v) is 1.99. The standard InChI is InChI=1S/C9H15N3/c1-3-7(2)9-11-5-4-8(6-10)12-9/h4-5,7H,3,6,10H2,1-2H3. The van der Waals surface area contributed by atoms with Crippen LogP contribution in [0.2, 0.25) is 0 Å². The molecule has 2 N–H and O–H groups in total. The number of nitrogens with zero attached hydrogens (tertiary/aromatic N) is 2. The number of aromatic nitrogens is 2. The summed E-state index contributed by atoms with van der Waals surface area (Å²) >= 11 is 0. The van der Waals surface area contributed by atoms with Crippen LogP contribution < -0.4 is 5.73 Å². The van der Waals surface area contributed by atoms with Crippen LogP contribution in [0.15, 0.2) is 12.3 Å². The highest BCUT2D eigenvalue weighted by molar-refractivity contribution is 5.04. The molecule has 1 aromatic rings. The minimum atomic E-state index is 0.427. The molecule has 1 atom stereocenters. The van der Waals surface area contributed by atoms with Crippen LogP contribution >= 0.6 is 0 Å². The number of rotatable bonds is 3. The van der Waals surface area contributed by atoms with Gasteiger partial charge in [-0.15, -0.1) is 0 Å². The Morgan fingerprint density at radius 2 is 2.33 bits per heavy atom. The molecule has 1 aromatic heterocycles. The van der Waals surface area contributed by atoms with E-state index in [-0.39, 0.29) is 0 Å². The van der Waals surface area contributed by atoms with Crippen LogP contribution in [-0.2, 0) is 6.54 Å². The van der Waals surface area contributed by atoms with Crippen LogP contribution in [0.1, 0.15) is 37.7 Å². The van der Waals surface area contributed by atoms with Gasteiger partial charge in [-0.05, 0) is 12.5 Å². The highest BCUT2D eigenvalue weighted by Gasteiger charge is 2.05. The summed E-state index contributed by atoms with van der Waals surface area (Å²) < 4.78 is 0. The fraction of sp³-hybridized carbons (Fsp3) is 0.556. The van der Waals surface area contributed by atoms with Crippen LogP contribution in [0.4, 0.5) is 0 Å². The second kappa shape index (κ2) is 4.16. The molecule has 0 aliphatic carbocycles. The molecule has 0 aliphatic heterocycles. The molecular weight excluding hydrogens is 150 g/mol. The molecule has 12 heavy (non-hydrogen) atoms. The van der Waals surface area contributed by atoms with Gasteiger partial charge < -0.3 is 5.73 Å². The molecule has 1 rings (SSSR count). The molecule has 3 heteroatoms. The summed E-state index contributed by atoms with van der Waals surface area (Å²) in [5.74, 6) is 1.33. The molecule has 0 aliphatic rings. The van der Waals surface area contributed by atoms with Gasteiger partial charge in [0.25, 0.3) is 0 Å². The number of nitrogens with two attached hydrogens (primary N) is 1. The molecule has 0 saturated carbocycles. The summed E-state index contributed by atoms with van der Waals surface area (Å²) in [6.07, 6.45) is 2.84. The zero-order valence-corrected chi connectivity index (χ0v) is 7.62. The maximum atomic E-state index is 5.47. The summed E-state index contributed by atoms with van der Waals surface area (Å²) in [6, 6.07) is 1.85. The second-order valence-electron chi connectivity index (χ2n) is 2.92. The third kappa shape index (κ3) is 2.01. The third-order valence-electron chi connectivity index (χ3n) is 1.99. The minimum absolute atomic E-state index is 0.427. The predicted molar refractivity (Wildman–Crippen MR) is 48.6 cm³/mol. The Morgan fingerprint density at radius 1 is 1.58 bits per heavy atom. The average Bonchev–Trinajstić information content (AvgIpc) is 2.17. The van der Waals surface area contributed by atoms with Crippen LogP contribution in [0.25, 0.3) is 0 Å². The first-order valence-corrected chi connectivity index (χ1v) is 4.29. The first kappa shape index (κ1) is 9.13. The van der Waals surface area contributed by atoms with Crippen LogP contribution in [0.3, 0.4) is 0 Å². The van der Waals surface area contributed by atoms with E-state index in [1.165, 1.54) is 0 Å². The van der Waals surface area contributed by atoms with E-state index in [2.05, 4.69) is 23.8 Å². The Bertz CT molecular complexity index is 247. The molecule has 0 radical (unpaired) electrons. The van der Waals surface area contributed by atoms with Crippen molar-refractivity contribution in [3.8, 4) is 0 Å². The van der Waals surface area contributed by atoms with Crippen LogP contribution in [0.5, 0.6) is 0 Å². The smallest absolute Gasteiger partial charge is 0.131 e. The second-order valence-corrected chi connectivity index (χ2v) is 2.92. The van der Waals surface area contributed by atoms with Crippen molar-refractivity contribution in [1.29, 1.82) is 0 Å². The summed E-state index contributed by atoms with van der Waals surface area (Å²) in [5.41, 5.74) is 6.39. The largest absolute Gasteiger partial charge is 0.325 e. The minimum Gasteiger partial charge on any atom is -0.325 e. The number of hydrogen-bond acceptors (Lipinski definition) is 3.